The van der Waals surface area contributed by atoms with Gasteiger partial charge in [0.25, 0.3) is 0 Å². The zero-order valence-corrected chi connectivity index (χ0v) is 14.9. The van der Waals surface area contributed by atoms with Gasteiger partial charge in [-0.25, -0.2) is 4.79 Å². The van der Waals surface area contributed by atoms with Gasteiger partial charge < -0.3 is 26.5 Å². The number of hydrogen-bond donors (Lipinski definition) is 5. The molecule has 7 nitrogen and oxygen atoms in total. The summed E-state index contributed by atoms with van der Waals surface area (Å²) in [4.78, 5) is 26.4. The summed E-state index contributed by atoms with van der Waals surface area (Å²) >= 11 is 0. The van der Waals surface area contributed by atoms with Crippen LogP contribution in [0.4, 0.5) is 10.5 Å². The van der Waals surface area contributed by atoms with Crippen LogP contribution < -0.4 is 16.4 Å². The molecule has 0 aliphatic heterocycles. The SMILES string of the molecule is C[C@@H](c1c[nH]c2ccccc12)[C@@H](N)C(=O)Nc1cccc(CNC(=O)O)c1. The van der Waals surface area contributed by atoms with Crippen molar-refractivity contribution in [1.29, 1.82) is 0 Å². The Bertz CT molecular complexity index is 967. The van der Waals surface area contributed by atoms with E-state index in [0.29, 0.717) is 5.69 Å². The zero-order valence-electron chi connectivity index (χ0n) is 14.9. The van der Waals surface area contributed by atoms with E-state index in [4.69, 9.17) is 10.8 Å². The van der Waals surface area contributed by atoms with Gasteiger partial charge in [-0.3, -0.25) is 4.79 Å². The van der Waals surface area contributed by atoms with E-state index >= 15 is 0 Å². The molecule has 2 amide bonds. The molecule has 2 aromatic carbocycles. The molecule has 0 bridgehead atoms. The number of carbonyl (C=O) groups excluding carboxylic acids is 1. The second-order valence-corrected chi connectivity index (χ2v) is 6.45. The summed E-state index contributed by atoms with van der Waals surface area (Å²) in [6, 6.07) is 14.1. The average Bonchev–Trinajstić information content (AvgIpc) is 3.09. The van der Waals surface area contributed by atoms with Crippen LogP contribution in [0.1, 0.15) is 24.0 Å². The number of para-hydroxylation sites is 1. The normalized spacial score (nSPS) is 13.1. The summed E-state index contributed by atoms with van der Waals surface area (Å²) in [6.07, 6.45) is 0.791. The molecule has 0 fully saturated rings. The molecule has 27 heavy (non-hydrogen) atoms. The van der Waals surface area contributed by atoms with E-state index in [1.807, 2.05) is 37.4 Å². The first-order chi connectivity index (χ1) is 13.0. The van der Waals surface area contributed by atoms with E-state index in [9.17, 15) is 9.59 Å². The molecule has 0 unspecified atom stereocenters. The molecule has 3 rings (SSSR count). The third kappa shape index (κ3) is 4.27. The maximum atomic E-state index is 12.6. The molecule has 6 N–H and O–H groups in total. The summed E-state index contributed by atoms with van der Waals surface area (Å²) in [7, 11) is 0. The lowest BCUT2D eigenvalue weighted by atomic mass is 9.93. The van der Waals surface area contributed by atoms with E-state index in [2.05, 4.69) is 15.6 Å². The second kappa shape index (κ2) is 7.92. The molecule has 7 heteroatoms. The third-order valence-electron chi connectivity index (χ3n) is 4.59. The molecule has 3 aromatic rings. The van der Waals surface area contributed by atoms with Crippen molar-refractivity contribution in [3.63, 3.8) is 0 Å². The highest BCUT2D eigenvalue weighted by atomic mass is 16.4. The molecule has 0 radical (unpaired) electrons. The van der Waals surface area contributed by atoms with Crippen LogP contribution in [0.3, 0.4) is 0 Å². The standard InChI is InChI=1S/C20H22N4O3/c1-12(16-11-22-17-8-3-2-7-15(16)17)18(21)19(25)24-14-6-4-5-13(9-14)10-23-20(26)27/h2-9,11-12,18,22-23H,10,21H2,1H3,(H,24,25)(H,26,27)/t12-,18+/m0/s1. The van der Waals surface area contributed by atoms with Crippen LogP contribution in [-0.2, 0) is 11.3 Å². The van der Waals surface area contributed by atoms with Crippen LogP contribution in [0.15, 0.2) is 54.7 Å². The number of H-pyrrole nitrogens is 1. The molecule has 0 saturated carbocycles. The predicted molar refractivity (Wildman–Crippen MR) is 105 cm³/mol. The van der Waals surface area contributed by atoms with Crippen molar-refractivity contribution in [3.05, 3.63) is 65.9 Å². The second-order valence-electron chi connectivity index (χ2n) is 6.45. The minimum absolute atomic E-state index is 0.164. The Hall–Kier alpha value is -3.32. The van der Waals surface area contributed by atoms with Crippen molar-refractivity contribution in [2.45, 2.75) is 25.4 Å². The lowest BCUT2D eigenvalue weighted by molar-refractivity contribution is -0.117. The Labute approximate surface area is 156 Å². The number of carboxylic acid groups (broad SMARTS) is 1. The largest absolute Gasteiger partial charge is 0.465 e. The van der Waals surface area contributed by atoms with Crippen molar-refractivity contribution in [2.24, 2.45) is 5.73 Å². The van der Waals surface area contributed by atoms with E-state index in [1.54, 1.807) is 24.3 Å². The topological polar surface area (TPSA) is 120 Å². The number of aromatic nitrogens is 1. The molecule has 0 aliphatic carbocycles. The fraction of sp³-hybridized carbons (Fsp3) is 0.200. The number of nitrogens with two attached hydrogens (primary N) is 1. The van der Waals surface area contributed by atoms with Crippen LogP contribution in [0.2, 0.25) is 0 Å². The maximum Gasteiger partial charge on any atom is 0.404 e. The Morgan fingerprint density at radius 2 is 1.96 bits per heavy atom. The number of nitrogens with one attached hydrogen (secondary N) is 3. The molecule has 140 valence electrons. The van der Waals surface area contributed by atoms with Gasteiger partial charge in [-0.1, -0.05) is 37.3 Å². The van der Waals surface area contributed by atoms with Gasteiger partial charge in [0.1, 0.15) is 0 Å². The van der Waals surface area contributed by atoms with Crippen molar-refractivity contribution >= 4 is 28.6 Å². The molecular formula is C20H22N4O3. The molecule has 0 saturated heterocycles. The highest BCUT2D eigenvalue weighted by Gasteiger charge is 2.24. The summed E-state index contributed by atoms with van der Waals surface area (Å²) in [5, 5.41) is 14.8. The molecule has 2 atom stereocenters. The van der Waals surface area contributed by atoms with Crippen LogP contribution in [0.5, 0.6) is 0 Å². The van der Waals surface area contributed by atoms with Gasteiger partial charge in [-0.05, 0) is 29.3 Å². The number of carbonyl (C=O) groups is 2. The van der Waals surface area contributed by atoms with Crippen molar-refractivity contribution in [2.75, 3.05) is 5.32 Å². The Balaban J connectivity index is 1.70. The van der Waals surface area contributed by atoms with E-state index < -0.39 is 12.1 Å². The number of anilines is 1. The van der Waals surface area contributed by atoms with Crippen LogP contribution in [0, 0.1) is 0 Å². The van der Waals surface area contributed by atoms with Gasteiger partial charge >= 0.3 is 6.09 Å². The highest BCUT2D eigenvalue weighted by Crippen LogP contribution is 2.27. The number of aromatic amines is 1. The van der Waals surface area contributed by atoms with Gasteiger partial charge in [0.05, 0.1) is 6.04 Å². The number of fused-ring (bicyclic) bond motifs is 1. The molecule has 0 spiro atoms. The first-order valence-electron chi connectivity index (χ1n) is 8.64. The van der Waals surface area contributed by atoms with Gasteiger partial charge in [-0.2, -0.15) is 0 Å². The van der Waals surface area contributed by atoms with Crippen molar-refractivity contribution in [1.82, 2.24) is 10.3 Å². The molecule has 1 heterocycles. The highest BCUT2D eigenvalue weighted by molar-refractivity contribution is 5.96. The maximum absolute atomic E-state index is 12.6. The summed E-state index contributed by atoms with van der Waals surface area (Å²) in [5.41, 5.74) is 9.53. The Morgan fingerprint density at radius 1 is 1.19 bits per heavy atom. The van der Waals surface area contributed by atoms with Gasteiger partial charge in [0.2, 0.25) is 5.91 Å². The summed E-state index contributed by atoms with van der Waals surface area (Å²) in [6.45, 7) is 2.09. The van der Waals surface area contributed by atoms with Crippen LogP contribution >= 0.6 is 0 Å². The Morgan fingerprint density at radius 3 is 2.74 bits per heavy atom. The number of rotatable bonds is 6. The third-order valence-corrected chi connectivity index (χ3v) is 4.59. The predicted octanol–water partition coefficient (Wildman–Crippen LogP) is 3.01. The number of amides is 2. The molecule has 0 aliphatic rings. The quantitative estimate of drug-likeness (QED) is 0.460. The van der Waals surface area contributed by atoms with Crippen molar-refractivity contribution in [3.8, 4) is 0 Å². The van der Waals surface area contributed by atoms with Gasteiger partial charge in [0, 0.05) is 35.2 Å². The molecule has 1 aromatic heterocycles. The zero-order chi connectivity index (χ0) is 19.4. The van der Waals surface area contributed by atoms with E-state index in [0.717, 1.165) is 22.0 Å². The molecular weight excluding hydrogens is 344 g/mol. The smallest absolute Gasteiger partial charge is 0.404 e. The van der Waals surface area contributed by atoms with E-state index in [1.165, 1.54) is 0 Å². The Kier molecular flexibility index (Phi) is 5.42. The number of benzene rings is 2. The van der Waals surface area contributed by atoms with Crippen LogP contribution in [-0.4, -0.2) is 28.1 Å². The minimum atomic E-state index is -1.10. The summed E-state index contributed by atoms with van der Waals surface area (Å²) in [5.74, 6) is -0.478. The average molecular weight is 366 g/mol. The van der Waals surface area contributed by atoms with Gasteiger partial charge in [-0.15, -0.1) is 0 Å². The minimum Gasteiger partial charge on any atom is -0.465 e. The lowest BCUT2D eigenvalue weighted by Crippen LogP contribution is -2.39. The fourth-order valence-corrected chi connectivity index (χ4v) is 3.05. The number of hydrogen-bond acceptors (Lipinski definition) is 3. The first kappa shape index (κ1) is 18.5. The monoisotopic (exact) mass is 366 g/mol. The van der Waals surface area contributed by atoms with E-state index in [-0.39, 0.29) is 18.4 Å². The lowest BCUT2D eigenvalue weighted by Gasteiger charge is -2.19. The summed E-state index contributed by atoms with van der Waals surface area (Å²) < 4.78 is 0. The first-order valence-corrected chi connectivity index (χ1v) is 8.64. The van der Waals surface area contributed by atoms with Gasteiger partial charge in [0.15, 0.2) is 0 Å². The van der Waals surface area contributed by atoms with Crippen LogP contribution in [0.25, 0.3) is 10.9 Å². The fourth-order valence-electron chi connectivity index (χ4n) is 3.05. The van der Waals surface area contributed by atoms with Crippen molar-refractivity contribution < 1.29 is 14.7 Å².